The second kappa shape index (κ2) is 8.07. The van der Waals surface area contributed by atoms with Gasteiger partial charge in [0.1, 0.15) is 11.6 Å². The van der Waals surface area contributed by atoms with E-state index < -0.39 is 0 Å². The van der Waals surface area contributed by atoms with Crippen molar-refractivity contribution in [1.82, 2.24) is 14.7 Å². The van der Waals surface area contributed by atoms with Crippen molar-refractivity contribution in [3.8, 4) is 6.07 Å². The molecule has 0 spiro atoms. The highest BCUT2D eigenvalue weighted by Gasteiger charge is 2.49. The molecule has 1 saturated carbocycles. The third-order valence-electron chi connectivity index (χ3n) is 7.01. The van der Waals surface area contributed by atoms with Crippen molar-refractivity contribution in [1.29, 1.82) is 5.26 Å². The Morgan fingerprint density at radius 3 is 2.50 bits per heavy atom. The number of nitrogens with zero attached hydrogens (tertiary/aromatic N) is 4. The smallest absolute Gasteiger partial charge is 0.266 e. The predicted molar refractivity (Wildman–Crippen MR) is 118 cm³/mol. The van der Waals surface area contributed by atoms with Crippen LogP contribution in [0, 0.1) is 22.2 Å². The number of rotatable bonds is 4. The van der Waals surface area contributed by atoms with Gasteiger partial charge < -0.3 is 9.80 Å². The van der Waals surface area contributed by atoms with Crippen LogP contribution in [-0.4, -0.2) is 59.4 Å². The van der Waals surface area contributed by atoms with Gasteiger partial charge in [0, 0.05) is 51.5 Å². The number of piperazine rings is 1. The molecule has 0 radical (unpaired) electrons. The minimum Gasteiger partial charge on any atom is -0.373 e. The number of hydrogen-bond donors (Lipinski definition) is 0. The first-order valence-corrected chi connectivity index (χ1v) is 11.2. The molecule has 160 valence electrons. The number of carbonyl (C=O) groups excluding carboxylic acids is 1. The fraction of sp³-hybridized carbons (Fsp3) is 0.600. The van der Waals surface area contributed by atoms with E-state index in [1.807, 2.05) is 17.2 Å². The number of likely N-dealkylation sites (tertiary alicyclic amines) is 1. The molecule has 2 bridgehead atoms. The first kappa shape index (κ1) is 20.9. The molecule has 2 saturated heterocycles. The van der Waals surface area contributed by atoms with Crippen LogP contribution in [0.3, 0.4) is 0 Å². The Kier molecular flexibility index (Phi) is 5.63. The Balaban J connectivity index is 1.37. The third kappa shape index (κ3) is 4.54. The number of amides is 1. The average molecular weight is 407 g/mol. The van der Waals surface area contributed by atoms with Crippen LogP contribution in [0.2, 0.25) is 0 Å². The van der Waals surface area contributed by atoms with Crippen molar-refractivity contribution < 1.29 is 4.79 Å². The summed E-state index contributed by atoms with van der Waals surface area (Å²) < 4.78 is 0. The molecular formula is C25H34N4O. The van der Waals surface area contributed by atoms with E-state index in [4.69, 9.17) is 0 Å². The second-order valence-corrected chi connectivity index (χ2v) is 10.6. The van der Waals surface area contributed by atoms with Crippen molar-refractivity contribution in [3.05, 3.63) is 47.7 Å². The van der Waals surface area contributed by atoms with E-state index in [2.05, 4.69) is 60.9 Å². The highest BCUT2D eigenvalue weighted by Crippen LogP contribution is 2.52. The Bertz CT molecular complexity index is 848. The van der Waals surface area contributed by atoms with E-state index in [0.717, 1.165) is 39.0 Å². The minimum absolute atomic E-state index is 0.109. The highest BCUT2D eigenvalue weighted by atomic mass is 16.2. The van der Waals surface area contributed by atoms with Gasteiger partial charge in [-0.15, -0.1) is 0 Å². The van der Waals surface area contributed by atoms with Crippen molar-refractivity contribution in [2.24, 2.45) is 10.8 Å². The van der Waals surface area contributed by atoms with Gasteiger partial charge in [-0.3, -0.25) is 9.69 Å². The van der Waals surface area contributed by atoms with Gasteiger partial charge in [-0.05, 0) is 35.7 Å². The molecule has 2 aliphatic heterocycles. The summed E-state index contributed by atoms with van der Waals surface area (Å²) in [5.74, 6) is -0.109. The van der Waals surface area contributed by atoms with Crippen LogP contribution in [-0.2, 0) is 11.3 Å². The standard InChI is InChI=1S/C25H34N4O/c1-24(2)13-22-14-25(3,18-24)19-29(22)17-21(15-26)23(30)28-11-9-27(10-12-28)16-20-7-5-4-6-8-20/h4-8,17,22H,9-14,16,18-19H2,1-3H3/b21-17-. The molecule has 5 nitrogen and oxygen atoms in total. The summed E-state index contributed by atoms with van der Waals surface area (Å²) in [5, 5.41) is 9.74. The van der Waals surface area contributed by atoms with Crippen molar-refractivity contribution in [2.45, 2.75) is 52.6 Å². The molecule has 2 unspecified atom stereocenters. The fourth-order valence-corrected chi connectivity index (χ4v) is 6.07. The van der Waals surface area contributed by atoms with Gasteiger partial charge in [-0.1, -0.05) is 51.1 Å². The van der Waals surface area contributed by atoms with Gasteiger partial charge in [0.2, 0.25) is 0 Å². The number of nitriles is 1. The lowest BCUT2D eigenvalue weighted by Gasteiger charge is -2.39. The van der Waals surface area contributed by atoms with Gasteiger partial charge in [0.15, 0.2) is 0 Å². The summed E-state index contributed by atoms with van der Waals surface area (Å²) in [4.78, 5) is 19.6. The van der Waals surface area contributed by atoms with Crippen LogP contribution in [0.1, 0.15) is 45.6 Å². The van der Waals surface area contributed by atoms with Gasteiger partial charge in [-0.2, -0.15) is 5.26 Å². The maximum Gasteiger partial charge on any atom is 0.266 e. The molecule has 0 N–H and O–H groups in total. The Morgan fingerprint density at radius 1 is 1.13 bits per heavy atom. The normalized spacial score (nSPS) is 29.0. The quantitative estimate of drug-likeness (QED) is 0.566. The van der Waals surface area contributed by atoms with E-state index in [1.54, 1.807) is 0 Å². The maximum atomic E-state index is 13.1. The fourth-order valence-electron chi connectivity index (χ4n) is 6.07. The van der Waals surface area contributed by atoms with Crippen LogP contribution < -0.4 is 0 Å². The summed E-state index contributed by atoms with van der Waals surface area (Å²) in [5.41, 5.74) is 2.20. The summed E-state index contributed by atoms with van der Waals surface area (Å²) in [6, 6.07) is 13.1. The van der Waals surface area contributed by atoms with Crippen LogP contribution >= 0.6 is 0 Å². The lowest BCUT2D eigenvalue weighted by Crippen LogP contribution is -2.48. The van der Waals surface area contributed by atoms with Crippen molar-refractivity contribution in [3.63, 3.8) is 0 Å². The van der Waals surface area contributed by atoms with E-state index >= 15 is 0 Å². The number of carbonyl (C=O) groups is 1. The molecule has 3 aliphatic rings. The Morgan fingerprint density at radius 2 is 1.83 bits per heavy atom. The number of fused-ring (bicyclic) bond motifs is 2. The largest absolute Gasteiger partial charge is 0.373 e. The molecule has 1 aromatic carbocycles. The molecule has 30 heavy (non-hydrogen) atoms. The Hall–Kier alpha value is -2.32. The third-order valence-corrected chi connectivity index (χ3v) is 7.01. The lowest BCUT2D eigenvalue weighted by molar-refractivity contribution is -0.128. The molecule has 2 heterocycles. The second-order valence-electron chi connectivity index (χ2n) is 10.6. The molecule has 1 aliphatic carbocycles. The number of hydrogen-bond acceptors (Lipinski definition) is 4. The lowest BCUT2D eigenvalue weighted by atomic mass is 9.65. The molecule has 1 aromatic rings. The van der Waals surface area contributed by atoms with Gasteiger partial charge >= 0.3 is 0 Å². The van der Waals surface area contributed by atoms with E-state index in [9.17, 15) is 10.1 Å². The molecule has 0 aromatic heterocycles. The topological polar surface area (TPSA) is 50.6 Å². The summed E-state index contributed by atoms with van der Waals surface area (Å²) in [7, 11) is 0. The van der Waals surface area contributed by atoms with Crippen LogP contribution in [0.4, 0.5) is 0 Å². The van der Waals surface area contributed by atoms with E-state index in [-0.39, 0.29) is 11.3 Å². The van der Waals surface area contributed by atoms with Crippen LogP contribution in [0.25, 0.3) is 0 Å². The van der Waals surface area contributed by atoms with Crippen LogP contribution in [0.5, 0.6) is 0 Å². The maximum absolute atomic E-state index is 13.1. The van der Waals surface area contributed by atoms with Crippen molar-refractivity contribution >= 4 is 5.91 Å². The SMILES string of the molecule is CC1(C)CC2CC(C)(CN2/C=C(/C#N)C(=O)N2CCN(Cc3ccccc3)CC2)C1. The summed E-state index contributed by atoms with van der Waals surface area (Å²) >= 11 is 0. The summed E-state index contributed by atoms with van der Waals surface area (Å²) in [6.45, 7) is 12.0. The zero-order valence-electron chi connectivity index (χ0n) is 18.6. The molecule has 4 rings (SSSR count). The monoisotopic (exact) mass is 406 g/mol. The molecule has 2 atom stereocenters. The van der Waals surface area contributed by atoms with E-state index in [1.165, 1.54) is 12.0 Å². The number of benzene rings is 1. The minimum atomic E-state index is -0.109. The summed E-state index contributed by atoms with van der Waals surface area (Å²) in [6.07, 6.45) is 5.37. The molecule has 3 fully saturated rings. The van der Waals surface area contributed by atoms with Crippen LogP contribution in [0.15, 0.2) is 42.1 Å². The predicted octanol–water partition coefficient (Wildman–Crippen LogP) is 3.64. The zero-order valence-corrected chi connectivity index (χ0v) is 18.6. The Labute approximate surface area is 180 Å². The van der Waals surface area contributed by atoms with Crippen molar-refractivity contribution in [2.75, 3.05) is 32.7 Å². The molecule has 5 heteroatoms. The average Bonchev–Trinajstić information content (AvgIpc) is 2.94. The first-order chi connectivity index (χ1) is 14.3. The highest BCUT2D eigenvalue weighted by molar-refractivity contribution is 5.97. The molecule has 1 amide bonds. The van der Waals surface area contributed by atoms with Gasteiger partial charge in [-0.25, -0.2) is 0 Å². The van der Waals surface area contributed by atoms with E-state index in [0.29, 0.717) is 30.1 Å². The van der Waals surface area contributed by atoms with Gasteiger partial charge in [0.25, 0.3) is 5.91 Å². The van der Waals surface area contributed by atoms with Gasteiger partial charge in [0.05, 0.1) is 0 Å². The molecular weight excluding hydrogens is 372 g/mol. The first-order valence-electron chi connectivity index (χ1n) is 11.2. The zero-order chi connectivity index (χ0) is 21.4.